The van der Waals surface area contributed by atoms with Crippen molar-refractivity contribution in [3.05, 3.63) is 39.6 Å². The number of nitrogens with zero attached hydrogens (tertiary/aromatic N) is 3. The molecule has 0 amide bonds. The van der Waals surface area contributed by atoms with E-state index in [0.29, 0.717) is 10.8 Å². The number of aliphatic hydroxyl groups excluding tert-OH is 1. The summed E-state index contributed by atoms with van der Waals surface area (Å²) in [5, 5.41) is 22.1. The summed E-state index contributed by atoms with van der Waals surface area (Å²) in [6.07, 6.45) is -4.09. The zero-order valence-corrected chi connectivity index (χ0v) is 20.1. The lowest BCUT2D eigenvalue weighted by atomic mass is 9.96. The van der Waals surface area contributed by atoms with E-state index in [1.54, 1.807) is 29.2 Å². The number of phosphoric acid groups is 1. The van der Waals surface area contributed by atoms with Crippen molar-refractivity contribution in [2.75, 3.05) is 42.0 Å². The number of phosphoric ester groups is 1. The maximum Gasteiger partial charge on any atom is 0.469 e. The van der Waals surface area contributed by atoms with Gasteiger partial charge in [-0.3, -0.25) is 14.3 Å². The summed E-state index contributed by atoms with van der Waals surface area (Å²) in [4.78, 5) is 40.3. The molecule has 0 spiro atoms. The number of H-pyrrole nitrogens is 1. The van der Waals surface area contributed by atoms with Gasteiger partial charge in [0.25, 0.3) is 5.56 Å². The monoisotopic (exact) mass is 533 g/mol. The van der Waals surface area contributed by atoms with Crippen LogP contribution in [-0.4, -0.2) is 80.4 Å². The van der Waals surface area contributed by atoms with Crippen LogP contribution in [-0.2, 0) is 13.8 Å². The fraction of sp³-hybridized carbons (Fsp3) is 0.474. The molecule has 1 aromatic carbocycles. The highest BCUT2D eigenvalue weighted by molar-refractivity contribution is 7.46. The van der Waals surface area contributed by atoms with Gasteiger partial charge in [0.15, 0.2) is 12.0 Å². The number of nitrogens with one attached hydrogen (secondary N) is 1. The Morgan fingerprint density at radius 3 is 2.71 bits per heavy atom. The lowest BCUT2D eigenvalue weighted by molar-refractivity contribution is -0.0632. The van der Waals surface area contributed by atoms with Gasteiger partial charge in [-0.2, -0.15) is 4.98 Å². The van der Waals surface area contributed by atoms with Crippen LogP contribution in [0.2, 0.25) is 5.02 Å². The van der Waals surface area contributed by atoms with E-state index in [2.05, 4.69) is 14.5 Å². The number of hydrogen-bond acceptors (Lipinski definition) is 11. The normalized spacial score (nSPS) is 26.3. The van der Waals surface area contributed by atoms with Crippen LogP contribution in [0, 0.1) is 0 Å². The van der Waals surface area contributed by atoms with Crippen molar-refractivity contribution >= 4 is 36.9 Å². The molecule has 7 N–H and O–H groups in total. The van der Waals surface area contributed by atoms with E-state index in [4.69, 9.17) is 36.6 Å². The van der Waals surface area contributed by atoms with Crippen LogP contribution in [0.3, 0.4) is 0 Å². The number of aliphatic hydroxyl groups is 2. The third-order valence-corrected chi connectivity index (χ3v) is 6.43. The zero-order chi connectivity index (χ0) is 25.5. The minimum absolute atomic E-state index is 0.0124. The molecule has 0 radical (unpaired) electrons. The summed E-state index contributed by atoms with van der Waals surface area (Å²) in [6.45, 7) is 1.05. The summed E-state index contributed by atoms with van der Waals surface area (Å²) in [5.74, 6) is 0.512. The largest absolute Gasteiger partial charge is 0.492 e. The molecule has 0 bridgehead atoms. The van der Waals surface area contributed by atoms with Gasteiger partial charge in [0.05, 0.1) is 19.8 Å². The fourth-order valence-electron chi connectivity index (χ4n) is 4.04. The molecule has 2 aromatic rings. The summed E-state index contributed by atoms with van der Waals surface area (Å²) >= 11 is 5.88. The number of halogens is 1. The predicted octanol–water partition coefficient (Wildman–Crippen LogP) is -0.386. The van der Waals surface area contributed by atoms with E-state index in [0.717, 1.165) is 0 Å². The fourth-order valence-corrected chi connectivity index (χ4v) is 4.51. The molecular formula is C19H25ClN5O9P. The minimum atomic E-state index is -4.84. The van der Waals surface area contributed by atoms with Crippen molar-refractivity contribution in [3.63, 3.8) is 0 Å². The van der Waals surface area contributed by atoms with E-state index >= 15 is 0 Å². The number of nitrogens with two attached hydrogens (primary N) is 1. The van der Waals surface area contributed by atoms with Gasteiger partial charge >= 0.3 is 7.82 Å². The van der Waals surface area contributed by atoms with Crippen molar-refractivity contribution < 1.29 is 38.6 Å². The number of aromatic amines is 1. The van der Waals surface area contributed by atoms with Crippen LogP contribution < -0.4 is 25.8 Å². The zero-order valence-electron chi connectivity index (χ0n) is 18.4. The van der Waals surface area contributed by atoms with E-state index in [-0.39, 0.29) is 37.3 Å². The number of aromatic nitrogens is 2. The SMILES string of the molecule is CC1(O)C(O)C(COP(=O)(O)O)OC1N1CN(CCOc2ccc(Cl)cc2)c2c1nc(N)[nH]c2=O. The van der Waals surface area contributed by atoms with E-state index in [1.807, 2.05) is 0 Å². The number of nitrogen functional groups attached to an aromatic ring is 1. The van der Waals surface area contributed by atoms with Crippen LogP contribution in [0.15, 0.2) is 29.1 Å². The number of fused-ring (bicyclic) bond motifs is 1. The van der Waals surface area contributed by atoms with Crippen LogP contribution in [0.25, 0.3) is 0 Å². The van der Waals surface area contributed by atoms with E-state index in [1.165, 1.54) is 11.8 Å². The molecule has 3 heterocycles. The molecule has 0 saturated carbocycles. The van der Waals surface area contributed by atoms with Crippen molar-refractivity contribution in [2.24, 2.45) is 0 Å². The third-order valence-electron chi connectivity index (χ3n) is 5.69. The number of ether oxygens (including phenoxy) is 2. The molecule has 4 atom stereocenters. The lowest BCUT2D eigenvalue weighted by Gasteiger charge is -2.34. The summed E-state index contributed by atoms with van der Waals surface area (Å²) in [6, 6.07) is 6.76. The molecule has 1 aromatic heterocycles. The quantitative estimate of drug-likeness (QED) is 0.240. The molecule has 1 saturated heterocycles. The number of benzene rings is 1. The highest BCUT2D eigenvalue weighted by Crippen LogP contribution is 2.42. The van der Waals surface area contributed by atoms with E-state index in [9.17, 15) is 19.6 Å². The van der Waals surface area contributed by atoms with Gasteiger partial charge in [-0.15, -0.1) is 0 Å². The lowest BCUT2D eigenvalue weighted by Crippen LogP contribution is -2.54. The van der Waals surface area contributed by atoms with Gasteiger partial charge in [0.2, 0.25) is 5.95 Å². The Morgan fingerprint density at radius 2 is 2.06 bits per heavy atom. The molecule has 0 aliphatic carbocycles. The van der Waals surface area contributed by atoms with Crippen molar-refractivity contribution in [1.82, 2.24) is 9.97 Å². The van der Waals surface area contributed by atoms with Crippen LogP contribution >= 0.6 is 19.4 Å². The molecular weight excluding hydrogens is 509 g/mol. The smallest absolute Gasteiger partial charge is 0.469 e. The highest BCUT2D eigenvalue weighted by Gasteiger charge is 2.56. The maximum atomic E-state index is 12.7. The molecule has 35 heavy (non-hydrogen) atoms. The average molecular weight is 534 g/mol. The minimum Gasteiger partial charge on any atom is -0.492 e. The van der Waals surface area contributed by atoms with Crippen LogP contribution in [0.1, 0.15) is 6.92 Å². The Morgan fingerprint density at radius 1 is 1.37 bits per heavy atom. The molecule has 16 heteroatoms. The molecule has 4 unspecified atom stereocenters. The van der Waals surface area contributed by atoms with E-state index < -0.39 is 44.0 Å². The number of anilines is 3. The van der Waals surface area contributed by atoms with Gasteiger partial charge < -0.3 is 45.0 Å². The first-order valence-corrected chi connectivity index (χ1v) is 12.3. The standard InChI is InChI=1S/C19H25ClN5O9P/c1-19(28)14(26)12(8-33-35(29,30)31)34-17(19)25-9-24(13-15(25)22-18(21)23-16(13)27)6-7-32-11-4-2-10(20)3-5-11/h2-5,12,14,17,26,28H,6-9H2,1H3,(H2,29,30,31)(H3,21,22,23,27). The summed E-state index contributed by atoms with van der Waals surface area (Å²) < 4.78 is 27.0. The first-order chi connectivity index (χ1) is 16.4. The van der Waals surface area contributed by atoms with Gasteiger partial charge in [-0.05, 0) is 31.2 Å². The van der Waals surface area contributed by atoms with Crippen LogP contribution in [0.4, 0.5) is 17.5 Å². The molecule has 2 aliphatic heterocycles. The number of hydrogen-bond donors (Lipinski definition) is 6. The average Bonchev–Trinajstić information content (AvgIpc) is 3.22. The van der Waals surface area contributed by atoms with Gasteiger partial charge in [-0.1, -0.05) is 11.6 Å². The maximum absolute atomic E-state index is 12.7. The Kier molecular flexibility index (Phi) is 7.01. The van der Waals surface area contributed by atoms with Gasteiger partial charge in [0.1, 0.15) is 35.9 Å². The second-order valence-corrected chi connectivity index (χ2v) is 9.96. The molecule has 1 fully saturated rings. The van der Waals surface area contributed by atoms with Gasteiger partial charge in [0, 0.05) is 5.02 Å². The van der Waals surface area contributed by atoms with Crippen molar-refractivity contribution in [2.45, 2.75) is 31.0 Å². The second-order valence-electron chi connectivity index (χ2n) is 8.28. The van der Waals surface area contributed by atoms with Gasteiger partial charge in [-0.25, -0.2) is 4.57 Å². The van der Waals surface area contributed by atoms with Crippen LogP contribution in [0.5, 0.6) is 5.75 Å². The molecule has 14 nitrogen and oxygen atoms in total. The third kappa shape index (κ3) is 5.39. The second kappa shape index (κ2) is 9.56. The predicted molar refractivity (Wildman–Crippen MR) is 124 cm³/mol. The van der Waals surface area contributed by atoms with Crippen molar-refractivity contribution in [3.8, 4) is 5.75 Å². The Hall–Kier alpha value is -2.42. The molecule has 2 aliphatic rings. The Bertz CT molecular complexity index is 1170. The summed E-state index contributed by atoms with van der Waals surface area (Å²) in [5.41, 5.74) is 3.44. The summed E-state index contributed by atoms with van der Waals surface area (Å²) in [7, 11) is -4.84. The number of rotatable bonds is 8. The Labute approximate surface area is 204 Å². The molecule has 4 rings (SSSR count). The first kappa shape index (κ1) is 25.7. The topological polar surface area (TPSA) is 204 Å². The molecule has 192 valence electrons. The first-order valence-electron chi connectivity index (χ1n) is 10.4. The highest BCUT2D eigenvalue weighted by atomic mass is 35.5. The Balaban J connectivity index is 1.55. The van der Waals surface area contributed by atoms with Crippen molar-refractivity contribution in [1.29, 1.82) is 0 Å².